The van der Waals surface area contributed by atoms with Crippen molar-refractivity contribution in [3.63, 3.8) is 0 Å². The van der Waals surface area contributed by atoms with Crippen LogP contribution in [-0.4, -0.2) is 15.6 Å². The molecule has 10 heteroatoms. The summed E-state index contributed by atoms with van der Waals surface area (Å²) in [6, 6.07) is 6.37. The third-order valence-electron chi connectivity index (χ3n) is 2.93. The Hall–Kier alpha value is -3.56. The number of non-ortho nitro benzene ring substituents is 1. The van der Waals surface area contributed by atoms with E-state index in [1.807, 2.05) is 0 Å². The first-order valence-corrected chi connectivity index (χ1v) is 6.31. The summed E-state index contributed by atoms with van der Waals surface area (Å²) in [4.78, 5) is 20.2. The van der Waals surface area contributed by atoms with Gasteiger partial charge in [-0.1, -0.05) is 0 Å². The monoisotopic (exact) mass is 317 g/mol. The van der Waals surface area contributed by atoms with Crippen LogP contribution in [0.25, 0.3) is 0 Å². The molecule has 0 saturated carbocycles. The second kappa shape index (κ2) is 6.47. The molecule has 2 aromatic rings. The number of hydrogen-bond acceptors (Lipinski definition) is 7. The SMILES string of the molecule is CC(=NNc1ccc([N+](=O)[O-])cc1[N+](=O)[O-])c1ccc[n+]([O-])c1. The molecule has 0 radical (unpaired) electrons. The van der Waals surface area contributed by atoms with Crippen molar-refractivity contribution >= 4 is 22.8 Å². The van der Waals surface area contributed by atoms with E-state index < -0.39 is 21.2 Å². The Morgan fingerprint density at radius 3 is 2.57 bits per heavy atom. The highest BCUT2D eigenvalue weighted by Crippen LogP contribution is 2.28. The van der Waals surface area contributed by atoms with Crippen LogP contribution in [-0.2, 0) is 0 Å². The van der Waals surface area contributed by atoms with Crippen LogP contribution in [0.4, 0.5) is 17.1 Å². The number of rotatable bonds is 5. The summed E-state index contributed by atoms with van der Waals surface area (Å²) < 4.78 is 0.600. The van der Waals surface area contributed by atoms with E-state index in [9.17, 15) is 25.4 Å². The normalized spacial score (nSPS) is 11.1. The van der Waals surface area contributed by atoms with Crippen molar-refractivity contribution in [2.24, 2.45) is 5.10 Å². The molecule has 1 aromatic carbocycles. The van der Waals surface area contributed by atoms with Gasteiger partial charge in [-0.3, -0.25) is 25.7 Å². The van der Waals surface area contributed by atoms with Crippen molar-refractivity contribution in [3.8, 4) is 0 Å². The van der Waals surface area contributed by atoms with Crippen molar-refractivity contribution in [2.45, 2.75) is 6.92 Å². The molecule has 10 nitrogen and oxygen atoms in total. The molecule has 0 amide bonds. The van der Waals surface area contributed by atoms with E-state index in [1.54, 1.807) is 13.0 Å². The van der Waals surface area contributed by atoms with E-state index in [1.165, 1.54) is 24.5 Å². The second-order valence-electron chi connectivity index (χ2n) is 4.48. The van der Waals surface area contributed by atoms with Gasteiger partial charge < -0.3 is 5.21 Å². The van der Waals surface area contributed by atoms with Crippen molar-refractivity contribution in [2.75, 3.05) is 5.43 Å². The van der Waals surface area contributed by atoms with Crippen LogP contribution in [0.15, 0.2) is 47.8 Å². The van der Waals surface area contributed by atoms with Gasteiger partial charge in [-0.25, -0.2) is 0 Å². The van der Waals surface area contributed by atoms with Gasteiger partial charge >= 0.3 is 5.69 Å². The quantitative estimate of drug-likeness (QED) is 0.294. The molecule has 0 unspecified atom stereocenters. The zero-order valence-corrected chi connectivity index (χ0v) is 11.9. The number of hydrazone groups is 1. The van der Waals surface area contributed by atoms with E-state index in [0.29, 0.717) is 16.0 Å². The Balaban J connectivity index is 2.31. The maximum atomic E-state index is 11.2. The number of nitrogens with one attached hydrogen (secondary N) is 1. The highest BCUT2D eigenvalue weighted by Gasteiger charge is 2.19. The molecule has 0 spiro atoms. The fraction of sp³-hybridized carbons (Fsp3) is 0.0769. The Kier molecular flexibility index (Phi) is 4.45. The average Bonchev–Trinajstić information content (AvgIpc) is 2.52. The molecule has 118 valence electrons. The minimum atomic E-state index is -0.742. The third-order valence-corrected chi connectivity index (χ3v) is 2.93. The van der Waals surface area contributed by atoms with Crippen molar-refractivity contribution in [1.29, 1.82) is 0 Å². The molecule has 0 saturated heterocycles. The van der Waals surface area contributed by atoms with Gasteiger partial charge in [-0.15, -0.1) is 0 Å². The Bertz CT molecular complexity index is 805. The zero-order valence-electron chi connectivity index (χ0n) is 11.9. The minimum absolute atomic E-state index is 0.00545. The molecule has 1 N–H and O–H groups in total. The van der Waals surface area contributed by atoms with Crippen LogP contribution in [0.3, 0.4) is 0 Å². The van der Waals surface area contributed by atoms with Gasteiger partial charge in [0, 0.05) is 12.1 Å². The number of aromatic nitrogens is 1. The van der Waals surface area contributed by atoms with E-state index >= 15 is 0 Å². The van der Waals surface area contributed by atoms with Crippen LogP contribution >= 0.6 is 0 Å². The third kappa shape index (κ3) is 3.75. The summed E-state index contributed by atoms with van der Waals surface area (Å²) in [6.45, 7) is 1.61. The summed E-state index contributed by atoms with van der Waals surface area (Å²) in [5.74, 6) is 0. The largest absolute Gasteiger partial charge is 0.619 e. The Morgan fingerprint density at radius 2 is 1.96 bits per heavy atom. The van der Waals surface area contributed by atoms with Crippen LogP contribution in [0, 0.1) is 25.4 Å². The highest BCUT2D eigenvalue weighted by atomic mass is 16.6. The fourth-order valence-corrected chi connectivity index (χ4v) is 1.76. The van der Waals surface area contributed by atoms with Gasteiger partial charge in [0.05, 0.1) is 27.2 Å². The maximum absolute atomic E-state index is 11.2. The smallest absolute Gasteiger partial charge is 0.301 e. The number of nitro benzene ring substituents is 2. The average molecular weight is 317 g/mol. The number of benzene rings is 1. The lowest BCUT2D eigenvalue weighted by Gasteiger charge is -2.04. The fourth-order valence-electron chi connectivity index (χ4n) is 1.76. The van der Waals surface area contributed by atoms with Gasteiger partial charge in [-0.05, 0) is 19.1 Å². The number of anilines is 1. The van der Waals surface area contributed by atoms with Gasteiger partial charge in [0.15, 0.2) is 12.4 Å². The first-order chi connectivity index (χ1) is 10.9. The molecule has 1 aromatic heterocycles. The molecule has 0 aliphatic rings. The van der Waals surface area contributed by atoms with Crippen molar-refractivity contribution in [1.82, 2.24) is 0 Å². The summed E-state index contributed by atoms with van der Waals surface area (Å²) >= 11 is 0. The number of nitro groups is 2. The Morgan fingerprint density at radius 1 is 1.22 bits per heavy atom. The lowest BCUT2D eigenvalue weighted by molar-refractivity contribution is -0.605. The van der Waals surface area contributed by atoms with Gasteiger partial charge in [0.25, 0.3) is 5.69 Å². The van der Waals surface area contributed by atoms with E-state index in [4.69, 9.17) is 0 Å². The predicted octanol–water partition coefficient (Wildman–Crippen LogP) is 1.97. The van der Waals surface area contributed by atoms with Crippen LogP contribution in [0.2, 0.25) is 0 Å². The molecule has 2 rings (SSSR count). The molecule has 0 fully saturated rings. The van der Waals surface area contributed by atoms with Gasteiger partial charge in [0.2, 0.25) is 0 Å². The molecule has 23 heavy (non-hydrogen) atoms. The van der Waals surface area contributed by atoms with Gasteiger partial charge in [-0.2, -0.15) is 9.83 Å². The minimum Gasteiger partial charge on any atom is -0.619 e. The summed E-state index contributed by atoms with van der Waals surface area (Å²) in [5, 5.41) is 36.8. The van der Waals surface area contributed by atoms with Crippen LogP contribution in [0.5, 0.6) is 0 Å². The molecule has 1 heterocycles. The molecular weight excluding hydrogens is 306 g/mol. The van der Waals surface area contributed by atoms with Crippen LogP contribution in [0.1, 0.15) is 12.5 Å². The molecule has 0 aliphatic carbocycles. The van der Waals surface area contributed by atoms with Crippen molar-refractivity contribution < 1.29 is 14.6 Å². The lowest BCUT2D eigenvalue weighted by atomic mass is 10.2. The van der Waals surface area contributed by atoms with Crippen molar-refractivity contribution in [3.05, 3.63) is 73.7 Å². The second-order valence-corrected chi connectivity index (χ2v) is 4.48. The lowest BCUT2D eigenvalue weighted by Crippen LogP contribution is -2.25. The number of nitrogens with zero attached hydrogens (tertiary/aromatic N) is 4. The molecule has 0 aliphatic heterocycles. The summed E-state index contributed by atoms with van der Waals surface area (Å²) in [7, 11) is 0. The predicted molar refractivity (Wildman–Crippen MR) is 81.0 cm³/mol. The summed E-state index contributed by atoms with van der Waals surface area (Å²) in [5.41, 5.74) is 2.58. The summed E-state index contributed by atoms with van der Waals surface area (Å²) in [6.07, 6.45) is 2.61. The first kappa shape index (κ1) is 15.8. The Labute approximate surface area is 129 Å². The van der Waals surface area contributed by atoms with E-state index in [2.05, 4.69) is 10.5 Å². The van der Waals surface area contributed by atoms with Gasteiger partial charge in [0.1, 0.15) is 5.69 Å². The number of hydrogen-bond donors (Lipinski definition) is 1. The topological polar surface area (TPSA) is 138 Å². The van der Waals surface area contributed by atoms with E-state index in [-0.39, 0.29) is 5.69 Å². The molecular formula is C13H11N5O5. The maximum Gasteiger partial charge on any atom is 0.301 e. The first-order valence-electron chi connectivity index (χ1n) is 6.31. The highest BCUT2D eigenvalue weighted by molar-refractivity contribution is 5.98. The van der Waals surface area contributed by atoms with Crippen LogP contribution < -0.4 is 10.2 Å². The van der Waals surface area contributed by atoms with E-state index in [0.717, 1.165) is 12.1 Å². The molecule has 0 atom stereocenters. The molecule has 0 bridgehead atoms. The number of pyridine rings is 1. The zero-order chi connectivity index (χ0) is 17.0. The standard InChI is InChI=1S/C13H11N5O5/c1-9(10-3-2-6-16(19)8-10)14-15-12-5-4-11(17(20)21)7-13(12)18(22)23/h2-8,15H,1H3.